The molecule has 0 unspecified atom stereocenters. The third kappa shape index (κ3) is 3.74. The summed E-state index contributed by atoms with van der Waals surface area (Å²) in [4.78, 5) is 25.1. The van der Waals surface area contributed by atoms with Crippen LogP contribution in [0.4, 0.5) is 0 Å². The lowest BCUT2D eigenvalue weighted by molar-refractivity contribution is -0.126. The Morgan fingerprint density at radius 3 is 2.62 bits per heavy atom. The maximum Gasteiger partial charge on any atom is 0.335 e. The van der Waals surface area contributed by atoms with Crippen molar-refractivity contribution in [2.75, 3.05) is 13.1 Å². The molecule has 24 heavy (non-hydrogen) atoms. The molecule has 1 saturated heterocycles. The molecule has 0 atom stereocenters. The molecule has 1 aromatic carbocycles. The van der Waals surface area contributed by atoms with Gasteiger partial charge in [0.2, 0.25) is 5.91 Å². The fourth-order valence-electron chi connectivity index (χ4n) is 3.00. The Labute approximate surface area is 140 Å². The molecule has 3 rings (SSSR count). The van der Waals surface area contributed by atoms with Gasteiger partial charge in [-0.1, -0.05) is 12.1 Å². The highest BCUT2D eigenvalue weighted by Crippen LogP contribution is 2.28. The molecule has 1 fully saturated rings. The molecule has 1 N–H and O–H groups in total. The molecular weight excluding hydrogens is 306 g/mol. The topological polar surface area (TPSA) is 70.8 Å². The number of rotatable bonds is 4. The van der Waals surface area contributed by atoms with Crippen molar-refractivity contribution < 1.29 is 19.1 Å². The number of hydrogen-bond donors (Lipinski definition) is 1. The zero-order chi connectivity index (χ0) is 16.9. The number of aromatic carboxylic acids is 1. The molecule has 1 aliphatic rings. The van der Waals surface area contributed by atoms with Gasteiger partial charge >= 0.3 is 5.97 Å². The number of amides is 1. The number of carboxylic acids is 1. The summed E-state index contributed by atoms with van der Waals surface area (Å²) in [6, 6.07) is 10.7. The van der Waals surface area contributed by atoms with Gasteiger partial charge in [-0.3, -0.25) is 4.79 Å². The van der Waals surface area contributed by atoms with Gasteiger partial charge < -0.3 is 14.4 Å². The number of likely N-dealkylation sites (tertiary alicyclic amines) is 1. The summed E-state index contributed by atoms with van der Waals surface area (Å²) < 4.78 is 5.17. The monoisotopic (exact) mass is 325 g/mol. The number of piperidine rings is 1. The smallest absolute Gasteiger partial charge is 0.335 e. The molecule has 2 heterocycles. The molecule has 1 amide bonds. The van der Waals surface area contributed by atoms with Crippen LogP contribution in [0.2, 0.25) is 0 Å². The van der Waals surface area contributed by atoms with Gasteiger partial charge in [-0.2, -0.15) is 0 Å². The van der Waals surface area contributed by atoms with Gasteiger partial charge in [0, 0.05) is 19.2 Å². The van der Waals surface area contributed by atoms with Gasteiger partial charge in [-0.25, -0.2) is 4.79 Å². The van der Waals surface area contributed by atoms with Crippen molar-refractivity contribution in [3.63, 3.8) is 0 Å². The SMILES string of the molecule is O=C(O)c1cccc(C2CCN(C(=O)/C=C/c3ccco3)CC2)c1. The number of carbonyl (C=O) groups excluding carboxylic acids is 1. The number of furan rings is 1. The highest BCUT2D eigenvalue weighted by atomic mass is 16.4. The lowest BCUT2D eigenvalue weighted by atomic mass is 9.88. The van der Waals surface area contributed by atoms with Gasteiger partial charge in [0.15, 0.2) is 0 Å². The molecule has 2 aromatic rings. The summed E-state index contributed by atoms with van der Waals surface area (Å²) in [5.41, 5.74) is 1.35. The van der Waals surface area contributed by atoms with Gasteiger partial charge in [-0.05, 0) is 54.7 Å². The maximum atomic E-state index is 12.2. The number of benzene rings is 1. The van der Waals surface area contributed by atoms with Crippen molar-refractivity contribution in [1.29, 1.82) is 0 Å². The molecule has 1 aliphatic heterocycles. The number of carbonyl (C=O) groups is 2. The van der Waals surface area contributed by atoms with E-state index in [1.165, 1.54) is 6.08 Å². The summed E-state index contributed by atoms with van der Waals surface area (Å²) >= 11 is 0. The third-order valence-corrected chi connectivity index (χ3v) is 4.34. The zero-order valence-electron chi connectivity index (χ0n) is 13.2. The highest BCUT2D eigenvalue weighted by molar-refractivity contribution is 5.91. The van der Waals surface area contributed by atoms with Crippen molar-refractivity contribution in [2.45, 2.75) is 18.8 Å². The van der Waals surface area contributed by atoms with Gasteiger partial charge in [0.05, 0.1) is 11.8 Å². The van der Waals surface area contributed by atoms with Crippen LogP contribution in [-0.2, 0) is 4.79 Å². The molecule has 0 bridgehead atoms. The predicted molar refractivity (Wildman–Crippen MR) is 89.7 cm³/mol. The van der Waals surface area contributed by atoms with Crippen LogP contribution < -0.4 is 0 Å². The maximum absolute atomic E-state index is 12.2. The Morgan fingerprint density at radius 2 is 1.96 bits per heavy atom. The van der Waals surface area contributed by atoms with Crippen LogP contribution in [0.15, 0.2) is 53.2 Å². The third-order valence-electron chi connectivity index (χ3n) is 4.34. The first-order valence-electron chi connectivity index (χ1n) is 7.97. The average molecular weight is 325 g/mol. The summed E-state index contributed by atoms with van der Waals surface area (Å²) in [7, 11) is 0. The lowest BCUT2D eigenvalue weighted by Crippen LogP contribution is -2.36. The van der Waals surface area contributed by atoms with Crippen molar-refractivity contribution in [3.8, 4) is 0 Å². The molecule has 0 aliphatic carbocycles. The first kappa shape index (κ1) is 16.1. The second-order valence-corrected chi connectivity index (χ2v) is 5.88. The van der Waals surface area contributed by atoms with E-state index >= 15 is 0 Å². The Morgan fingerprint density at radius 1 is 1.17 bits per heavy atom. The number of carboxylic acid groups (broad SMARTS) is 1. The van der Waals surface area contributed by atoms with Crippen LogP contribution >= 0.6 is 0 Å². The zero-order valence-corrected chi connectivity index (χ0v) is 13.2. The van der Waals surface area contributed by atoms with E-state index in [0.717, 1.165) is 18.4 Å². The van der Waals surface area contributed by atoms with E-state index in [0.29, 0.717) is 30.3 Å². The Hall–Kier alpha value is -2.82. The van der Waals surface area contributed by atoms with E-state index in [2.05, 4.69) is 0 Å². The van der Waals surface area contributed by atoms with Crippen molar-refractivity contribution in [2.24, 2.45) is 0 Å². The minimum absolute atomic E-state index is 0.0239. The Bertz CT molecular complexity index is 740. The second-order valence-electron chi connectivity index (χ2n) is 5.88. The molecule has 0 saturated carbocycles. The average Bonchev–Trinajstić information content (AvgIpc) is 3.13. The van der Waals surface area contributed by atoms with Gasteiger partial charge in [0.25, 0.3) is 0 Å². The largest absolute Gasteiger partial charge is 0.478 e. The minimum Gasteiger partial charge on any atom is -0.478 e. The normalized spacial score (nSPS) is 15.8. The standard InChI is InChI=1S/C19H19NO4/c21-18(7-6-17-5-2-12-24-17)20-10-8-14(9-11-20)15-3-1-4-16(13-15)19(22)23/h1-7,12-14H,8-11H2,(H,22,23)/b7-6+. The molecule has 5 heteroatoms. The summed E-state index contributed by atoms with van der Waals surface area (Å²) in [5, 5.41) is 9.09. The molecule has 1 aromatic heterocycles. The van der Waals surface area contributed by atoms with E-state index < -0.39 is 5.97 Å². The minimum atomic E-state index is -0.910. The fourth-order valence-corrected chi connectivity index (χ4v) is 3.00. The first-order valence-corrected chi connectivity index (χ1v) is 7.97. The number of hydrogen-bond acceptors (Lipinski definition) is 3. The summed E-state index contributed by atoms with van der Waals surface area (Å²) in [5.74, 6) is 0.0165. The van der Waals surface area contributed by atoms with E-state index in [1.54, 1.807) is 42.7 Å². The van der Waals surface area contributed by atoms with Crippen molar-refractivity contribution in [1.82, 2.24) is 4.90 Å². The van der Waals surface area contributed by atoms with Crippen LogP contribution in [0.1, 0.15) is 40.4 Å². The molecular formula is C19H19NO4. The number of nitrogens with zero attached hydrogens (tertiary/aromatic N) is 1. The van der Waals surface area contributed by atoms with Crippen LogP contribution in [0.25, 0.3) is 6.08 Å². The van der Waals surface area contributed by atoms with Gasteiger partial charge in [0.1, 0.15) is 5.76 Å². The lowest BCUT2D eigenvalue weighted by Gasteiger charge is -2.31. The molecule has 5 nitrogen and oxygen atoms in total. The van der Waals surface area contributed by atoms with E-state index in [9.17, 15) is 9.59 Å². The van der Waals surface area contributed by atoms with Crippen molar-refractivity contribution in [3.05, 3.63) is 65.6 Å². The van der Waals surface area contributed by atoms with Crippen LogP contribution in [0.3, 0.4) is 0 Å². The van der Waals surface area contributed by atoms with E-state index in [1.807, 2.05) is 11.0 Å². The second kappa shape index (κ2) is 7.17. The highest BCUT2D eigenvalue weighted by Gasteiger charge is 2.23. The quantitative estimate of drug-likeness (QED) is 0.875. The van der Waals surface area contributed by atoms with Gasteiger partial charge in [-0.15, -0.1) is 0 Å². The summed E-state index contributed by atoms with van der Waals surface area (Å²) in [6.07, 6.45) is 6.45. The van der Waals surface area contributed by atoms with Crippen molar-refractivity contribution >= 4 is 18.0 Å². The fraction of sp³-hybridized carbons (Fsp3) is 0.263. The van der Waals surface area contributed by atoms with Crippen LogP contribution in [0.5, 0.6) is 0 Å². The Kier molecular flexibility index (Phi) is 4.79. The first-order chi connectivity index (χ1) is 11.6. The Balaban J connectivity index is 1.58. The molecule has 0 spiro atoms. The summed E-state index contributed by atoms with van der Waals surface area (Å²) in [6.45, 7) is 1.34. The van der Waals surface area contributed by atoms with E-state index in [4.69, 9.17) is 9.52 Å². The predicted octanol–water partition coefficient (Wildman–Crippen LogP) is 3.40. The van der Waals surface area contributed by atoms with Crippen LogP contribution in [-0.4, -0.2) is 35.0 Å². The molecule has 0 radical (unpaired) electrons. The van der Waals surface area contributed by atoms with E-state index in [-0.39, 0.29) is 5.91 Å². The van der Waals surface area contributed by atoms with Crippen LogP contribution in [0, 0.1) is 0 Å². The molecule has 124 valence electrons.